The molecule has 180 valence electrons. The number of benzene rings is 2. The highest BCUT2D eigenvalue weighted by Crippen LogP contribution is 2.36. The lowest BCUT2D eigenvalue weighted by atomic mass is 10.1. The quantitative estimate of drug-likeness (QED) is 0.178. The summed E-state index contributed by atoms with van der Waals surface area (Å²) in [6.07, 6.45) is 5.12. The van der Waals surface area contributed by atoms with Crippen LogP contribution in [0.3, 0.4) is 0 Å². The molecule has 0 spiro atoms. The van der Waals surface area contributed by atoms with E-state index in [0.717, 1.165) is 0 Å². The number of nitriles is 2. The lowest BCUT2D eigenvalue weighted by molar-refractivity contribution is 0.482. The van der Waals surface area contributed by atoms with E-state index in [1.807, 2.05) is 18.4 Å². The number of rotatable bonds is 6. The van der Waals surface area contributed by atoms with Crippen LogP contribution in [0.4, 0.5) is 11.5 Å². The van der Waals surface area contributed by atoms with E-state index in [4.69, 9.17) is 27.9 Å². The Bertz CT molecular complexity index is 1710. The van der Waals surface area contributed by atoms with Gasteiger partial charge in [-0.05, 0) is 54.8 Å². The van der Waals surface area contributed by atoms with Gasteiger partial charge in [0.15, 0.2) is 11.5 Å². The van der Waals surface area contributed by atoms with Crippen LogP contribution in [0.25, 0.3) is 16.9 Å². The van der Waals surface area contributed by atoms with Gasteiger partial charge in [-0.2, -0.15) is 10.5 Å². The average molecular weight is 544 g/mol. The number of ether oxygens (including phenoxy) is 1. The van der Waals surface area contributed by atoms with E-state index < -0.39 is 0 Å². The Morgan fingerprint density at radius 1 is 0.919 bits per heavy atom. The molecule has 8 nitrogen and oxygen atoms in total. The first-order valence-electron chi connectivity index (χ1n) is 10.7. The lowest BCUT2D eigenvalue weighted by Crippen LogP contribution is -2.03. The molecule has 0 aliphatic rings. The summed E-state index contributed by atoms with van der Waals surface area (Å²) in [4.78, 5) is 8.55. The second-order valence-corrected chi connectivity index (χ2v) is 9.20. The maximum absolute atomic E-state index is 10.0. The Kier molecular flexibility index (Phi) is 6.85. The maximum Gasteiger partial charge on any atom is 0.177 e. The van der Waals surface area contributed by atoms with Crippen LogP contribution >= 0.6 is 35.0 Å². The fourth-order valence-corrected chi connectivity index (χ4v) is 4.48. The molecule has 0 aliphatic carbocycles. The molecule has 0 saturated heterocycles. The molecule has 11 heteroatoms. The minimum Gasteiger partial charge on any atom is -0.457 e. The van der Waals surface area contributed by atoms with Gasteiger partial charge in [0.2, 0.25) is 0 Å². The molecular weight excluding hydrogens is 529 g/mol. The third-order valence-corrected chi connectivity index (χ3v) is 6.76. The summed E-state index contributed by atoms with van der Waals surface area (Å²) in [6.45, 7) is 0. The second kappa shape index (κ2) is 10.4. The number of hydrogen-bond acceptors (Lipinski definition) is 8. The first kappa shape index (κ1) is 24.4. The van der Waals surface area contributed by atoms with Crippen molar-refractivity contribution < 1.29 is 4.74 Å². The number of nitrogens with one attached hydrogen (secondary N) is 1. The third-order valence-electron chi connectivity index (χ3n) is 5.34. The lowest BCUT2D eigenvalue weighted by Gasteiger charge is -2.11. The van der Waals surface area contributed by atoms with Crippen LogP contribution in [-0.4, -0.2) is 25.8 Å². The van der Waals surface area contributed by atoms with Crippen molar-refractivity contribution in [2.24, 2.45) is 0 Å². The molecule has 3 aromatic heterocycles. The first-order valence-corrected chi connectivity index (χ1v) is 12.7. The molecule has 0 aliphatic heterocycles. The largest absolute Gasteiger partial charge is 0.457 e. The molecule has 3 heterocycles. The number of thioether (sulfide) groups is 1. The highest BCUT2D eigenvalue weighted by atomic mass is 35.5. The molecule has 0 radical (unpaired) electrons. The Labute approximate surface area is 226 Å². The van der Waals surface area contributed by atoms with Gasteiger partial charge >= 0.3 is 0 Å². The Morgan fingerprint density at radius 2 is 1.62 bits per heavy atom. The van der Waals surface area contributed by atoms with E-state index in [0.29, 0.717) is 60.5 Å². The Balaban J connectivity index is 1.59. The molecule has 5 aromatic rings. The smallest absolute Gasteiger partial charge is 0.177 e. The van der Waals surface area contributed by atoms with E-state index in [1.54, 1.807) is 54.9 Å². The van der Waals surface area contributed by atoms with Crippen molar-refractivity contribution in [1.82, 2.24) is 19.6 Å². The molecule has 5 rings (SSSR count). The summed E-state index contributed by atoms with van der Waals surface area (Å²) in [5, 5.41) is 29.0. The van der Waals surface area contributed by atoms with Gasteiger partial charge in [0.25, 0.3) is 0 Å². The fourth-order valence-electron chi connectivity index (χ4n) is 3.66. The molecule has 0 unspecified atom stereocenters. The van der Waals surface area contributed by atoms with E-state index in [2.05, 4.69) is 32.5 Å². The van der Waals surface area contributed by atoms with E-state index >= 15 is 0 Å². The van der Waals surface area contributed by atoms with Crippen LogP contribution in [0.1, 0.15) is 11.1 Å². The number of aromatic nitrogens is 4. The van der Waals surface area contributed by atoms with Crippen molar-refractivity contribution in [3.05, 3.63) is 88.2 Å². The number of nitrogens with zero attached hydrogens (tertiary/aromatic N) is 6. The van der Waals surface area contributed by atoms with Crippen LogP contribution in [0, 0.1) is 22.7 Å². The fraction of sp³-hybridized carbons (Fsp3) is 0.0385. The van der Waals surface area contributed by atoms with E-state index in [-0.39, 0.29) is 5.56 Å². The van der Waals surface area contributed by atoms with Crippen molar-refractivity contribution in [2.45, 2.75) is 5.03 Å². The zero-order valence-corrected chi connectivity index (χ0v) is 21.4. The van der Waals surface area contributed by atoms with Gasteiger partial charge in [-0.15, -0.1) is 16.9 Å². The molecule has 0 amide bonds. The Hall–Kier alpha value is -4.28. The van der Waals surface area contributed by atoms with Gasteiger partial charge in [0.1, 0.15) is 39.8 Å². The van der Waals surface area contributed by atoms with Crippen molar-refractivity contribution >= 4 is 52.1 Å². The van der Waals surface area contributed by atoms with Gasteiger partial charge in [-0.3, -0.25) is 4.98 Å². The maximum atomic E-state index is 10.0. The van der Waals surface area contributed by atoms with Gasteiger partial charge in [0.05, 0.1) is 15.7 Å². The van der Waals surface area contributed by atoms with Crippen LogP contribution in [0.15, 0.2) is 72.0 Å². The monoisotopic (exact) mass is 543 g/mol. The normalized spacial score (nSPS) is 10.6. The molecule has 2 aromatic carbocycles. The van der Waals surface area contributed by atoms with Gasteiger partial charge in [-0.25, -0.2) is 9.50 Å². The molecule has 0 fully saturated rings. The molecule has 0 atom stereocenters. The van der Waals surface area contributed by atoms with Crippen LogP contribution in [0.5, 0.6) is 11.5 Å². The Morgan fingerprint density at radius 3 is 2.27 bits per heavy atom. The predicted octanol–water partition coefficient (Wildman–Crippen LogP) is 7.10. The van der Waals surface area contributed by atoms with Crippen LogP contribution < -0.4 is 10.1 Å². The zero-order valence-electron chi connectivity index (χ0n) is 19.1. The number of anilines is 2. The zero-order chi connectivity index (χ0) is 25.9. The highest BCUT2D eigenvalue weighted by Gasteiger charge is 2.23. The summed E-state index contributed by atoms with van der Waals surface area (Å²) < 4.78 is 7.29. The molecule has 1 N–H and O–H groups in total. The summed E-state index contributed by atoms with van der Waals surface area (Å²) >= 11 is 13.7. The van der Waals surface area contributed by atoms with Crippen molar-refractivity contribution in [2.75, 3.05) is 11.6 Å². The van der Waals surface area contributed by atoms with Gasteiger partial charge < -0.3 is 10.1 Å². The highest BCUT2D eigenvalue weighted by molar-refractivity contribution is 7.98. The van der Waals surface area contributed by atoms with Gasteiger partial charge in [0, 0.05) is 23.6 Å². The van der Waals surface area contributed by atoms with Crippen LogP contribution in [-0.2, 0) is 0 Å². The first-order chi connectivity index (χ1) is 18.0. The number of fused-ring (bicyclic) bond motifs is 1. The molecule has 37 heavy (non-hydrogen) atoms. The number of hydrogen-bond donors (Lipinski definition) is 1. The average Bonchev–Trinajstić information content (AvgIpc) is 3.27. The van der Waals surface area contributed by atoms with Crippen LogP contribution in [0.2, 0.25) is 10.0 Å². The summed E-state index contributed by atoms with van der Waals surface area (Å²) in [7, 11) is 0. The summed E-state index contributed by atoms with van der Waals surface area (Å²) in [6, 6.07) is 20.2. The standard InChI is InChI=1S/C26H15Cl2N7OS/c1-37-26-19(13-29)23(15-2-7-21(27)22(28)12-15)35-25(33-26)20(14-30)24(34-35)32-16-3-5-17(6-4-16)36-18-8-10-31-11-9-18/h2-12H,1H3,(H,32,34). The summed E-state index contributed by atoms with van der Waals surface area (Å²) in [5.74, 6) is 1.60. The number of pyridine rings is 1. The molecular formula is C26H15Cl2N7OS. The minimum absolute atomic E-state index is 0.234. The SMILES string of the molecule is CSc1nc2c(C#N)c(Nc3ccc(Oc4ccncc4)cc3)nn2c(-c2ccc(Cl)c(Cl)c2)c1C#N. The molecule has 0 saturated carbocycles. The predicted molar refractivity (Wildman–Crippen MR) is 144 cm³/mol. The topological polar surface area (TPSA) is 112 Å². The third kappa shape index (κ3) is 4.76. The number of halogens is 2. The van der Waals surface area contributed by atoms with E-state index in [9.17, 15) is 10.5 Å². The second-order valence-electron chi connectivity index (χ2n) is 7.59. The molecule has 0 bridgehead atoms. The van der Waals surface area contributed by atoms with E-state index in [1.165, 1.54) is 16.3 Å². The van der Waals surface area contributed by atoms with Crippen molar-refractivity contribution in [3.63, 3.8) is 0 Å². The van der Waals surface area contributed by atoms with Gasteiger partial charge in [-0.1, -0.05) is 29.3 Å². The minimum atomic E-state index is 0.234. The summed E-state index contributed by atoms with van der Waals surface area (Å²) in [5.41, 5.74) is 2.62. The van der Waals surface area contributed by atoms with Crippen molar-refractivity contribution in [1.29, 1.82) is 10.5 Å². The van der Waals surface area contributed by atoms with Crippen molar-refractivity contribution in [3.8, 4) is 34.9 Å².